The van der Waals surface area contributed by atoms with Gasteiger partial charge >= 0.3 is 0 Å². The van der Waals surface area contributed by atoms with Crippen molar-refractivity contribution in [1.29, 1.82) is 0 Å². The molecule has 1 heterocycles. The van der Waals surface area contributed by atoms with Crippen molar-refractivity contribution in [1.82, 2.24) is 9.97 Å². The quantitative estimate of drug-likeness (QED) is 0.663. The van der Waals surface area contributed by atoms with Crippen LogP contribution in [-0.2, 0) is 12.8 Å². The molecule has 1 aliphatic carbocycles. The third-order valence-corrected chi connectivity index (χ3v) is 4.23. The standard InChI is InChI=1S/C14H15N3S/c15-10-5-7-11(8-6-10)18-14-12-3-1-2-4-13(12)16-9-17-14/h5-9H,1-4,15H2. The fourth-order valence-electron chi connectivity index (χ4n) is 2.23. The van der Waals surface area contributed by atoms with Crippen molar-refractivity contribution in [3.63, 3.8) is 0 Å². The molecule has 0 radical (unpaired) electrons. The lowest BCUT2D eigenvalue weighted by Gasteiger charge is -2.16. The maximum Gasteiger partial charge on any atom is 0.117 e. The van der Waals surface area contributed by atoms with Crippen molar-refractivity contribution < 1.29 is 0 Å². The highest BCUT2D eigenvalue weighted by atomic mass is 32.2. The summed E-state index contributed by atoms with van der Waals surface area (Å²) in [5, 5.41) is 1.10. The van der Waals surface area contributed by atoms with Gasteiger partial charge in [-0.1, -0.05) is 11.8 Å². The summed E-state index contributed by atoms with van der Waals surface area (Å²) in [6.45, 7) is 0. The van der Waals surface area contributed by atoms with E-state index in [1.807, 2.05) is 24.3 Å². The molecule has 18 heavy (non-hydrogen) atoms. The third kappa shape index (κ3) is 2.34. The van der Waals surface area contributed by atoms with E-state index in [2.05, 4.69) is 9.97 Å². The lowest BCUT2D eigenvalue weighted by molar-refractivity contribution is 0.645. The van der Waals surface area contributed by atoms with Crippen molar-refractivity contribution in [2.75, 3.05) is 5.73 Å². The molecule has 92 valence electrons. The predicted molar refractivity (Wildman–Crippen MR) is 73.7 cm³/mol. The van der Waals surface area contributed by atoms with Gasteiger partial charge in [0, 0.05) is 21.8 Å². The summed E-state index contributed by atoms with van der Waals surface area (Å²) in [6.07, 6.45) is 6.37. The summed E-state index contributed by atoms with van der Waals surface area (Å²) in [4.78, 5) is 10.00. The molecule has 3 rings (SSSR count). The number of anilines is 1. The topological polar surface area (TPSA) is 51.8 Å². The molecular formula is C14H15N3S. The zero-order valence-corrected chi connectivity index (χ0v) is 10.9. The van der Waals surface area contributed by atoms with E-state index in [4.69, 9.17) is 5.73 Å². The minimum absolute atomic E-state index is 0.795. The molecule has 1 aliphatic rings. The third-order valence-electron chi connectivity index (χ3n) is 3.18. The average molecular weight is 257 g/mol. The Kier molecular flexibility index (Phi) is 3.19. The molecular weight excluding hydrogens is 242 g/mol. The van der Waals surface area contributed by atoms with Crippen LogP contribution in [0.4, 0.5) is 5.69 Å². The fraction of sp³-hybridized carbons (Fsp3) is 0.286. The molecule has 0 fully saturated rings. The number of rotatable bonds is 2. The Balaban J connectivity index is 1.90. The second-order valence-corrected chi connectivity index (χ2v) is 5.54. The van der Waals surface area contributed by atoms with Gasteiger partial charge in [0.1, 0.15) is 11.4 Å². The Labute approximate surface area is 111 Å². The Morgan fingerprint density at radius 1 is 1.00 bits per heavy atom. The number of nitrogens with two attached hydrogens (primary N) is 1. The molecule has 0 spiro atoms. The first kappa shape index (κ1) is 11.5. The minimum atomic E-state index is 0.795. The average Bonchev–Trinajstić information content (AvgIpc) is 2.42. The summed E-state index contributed by atoms with van der Waals surface area (Å²) in [7, 11) is 0. The first-order valence-electron chi connectivity index (χ1n) is 6.19. The van der Waals surface area contributed by atoms with Crippen LogP contribution < -0.4 is 5.73 Å². The van der Waals surface area contributed by atoms with E-state index >= 15 is 0 Å². The molecule has 3 nitrogen and oxygen atoms in total. The van der Waals surface area contributed by atoms with Gasteiger partial charge in [0.05, 0.1) is 0 Å². The molecule has 1 aromatic heterocycles. The van der Waals surface area contributed by atoms with Crippen LogP contribution in [0.1, 0.15) is 24.1 Å². The first-order chi connectivity index (χ1) is 8.83. The molecule has 0 unspecified atom stereocenters. The van der Waals surface area contributed by atoms with Gasteiger partial charge in [-0.3, -0.25) is 0 Å². The SMILES string of the molecule is Nc1ccc(Sc2ncnc3c2CCCC3)cc1. The van der Waals surface area contributed by atoms with Crippen molar-refractivity contribution in [3.8, 4) is 0 Å². The van der Waals surface area contributed by atoms with Gasteiger partial charge in [0.15, 0.2) is 0 Å². The zero-order chi connectivity index (χ0) is 12.4. The molecule has 2 aromatic rings. The van der Waals surface area contributed by atoms with Crippen molar-refractivity contribution in [2.24, 2.45) is 0 Å². The molecule has 0 saturated heterocycles. The summed E-state index contributed by atoms with van der Waals surface area (Å²) >= 11 is 1.70. The van der Waals surface area contributed by atoms with E-state index < -0.39 is 0 Å². The summed E-state index contributed by atoms with van der Waals surface area (Å²) in [5.41, 5.74) is 9.06. The first-order valence-corrected chi connectivity index (χ1v) is 7.01. The number of aryl methyl sites for hydroxylation is 1. The molecule has 1 aromatic carbocycles. The van der Waals surface area contributed by atoms with Crippen LogP contribution in [0.5, 0.6) is 0 Å². The van der Waals surface area contributed by atoms with E-state index in [1.54, 1.807) is 18.1 Å². The Morgan fingerprint density at radius 2 is 1.78 bits per heavy atom. The monoisotopic (exact) mass is 257 g/mol. The van der Waals surface area contributed by atoms with Gasteiger partial charge in [0.25, 0.3) is 0 Å². The molecule has 0 atom stereocenters. The smallest absolute Gasteiger partial charge is 0.117 e. The van der Waals surface area contributed by atoms with Gasteiger partial charge in [0.2, 0.25) is 0 Å². The Bertz CT molecular complexity index is 551. The van der Waals surface area contributed by atoms with Gasteiger partial charge in [-0.15, -0.1) is 0 Å². The van der Waals surface area contributed by atoms with Gasteiger partial charge in [-0.05, 0) is 49.9 Å². The number of fused-ring (bicyclic) bond motifs is 1. The van der Waals surface area contributed by atoms with Crippen LogP contribution in [0, 0.1) is 0 Å². The second-order valence-electron chi connectivity index (χ2n) is 4.48. The molecule has 0 bridgehead atoms. The zero-order valence-electron chi connectivity index (χ0n) is 10.1. The Hall–Kier alpha value is -1.55. The highest BCUT2D eigenvalue weighted by molar-refractivity contribution is 7.99. The molecule has 2 N–H and O–H groups in total. The van der Waals surface area contributed by atoms with E-state index in [0.717, 1.165) is 23.6 Å². The minimum Gasteiger partial charge on any atom is -0.399 e. The molecule has 4 heteroatoms. The van der Waals surface area contributed by atoms with Gasteiger partial charge < -0.3 is 5.73 Å². The van der Waals surface area contributed by atoms with Crippen LogP contribution in [0.25, 0.3) is 0 Å². The maximum absolute atomic E-state index is 5.70. The Morgan fingerprint density at radius 3 is 2.61 bits per heavy atom. The largest absolute Gasteiger partial charge is 0.399 e. The van der Waals surface area contributed by atoms with Crippen LogP contribution in [0.3, 0.4) is 0 Å². The molecule has 0 amide bonds. The highest BCUT2D eigenvalue weighted by Crippen LogP contribution is 2.32. The van der Waals surface area contributed by atoms with E-state index in [0.29, 0.717) is 0 Å². The summed E-state index contributed by atoms with van der Waals surface area (Å²) < 4.78 is 0. The van der Waals surface area contributed by atoms with Crippen LogP contribution in [0.15, 0.2) is 40.5 Å². The van der Waals surface area contributed by atoms with Crippen LogP contribution >= 0.6 is 11.8 Å². The molecule has 0 aliphatic heterocycles. The number of benzene rings is 1. The highest BCUT2D eigenvalue weighted by Gasteiger charge is 2.15. The van der Waals surface area contributed by atoms with Crippen LogP contribution in [0.2, 0.25) is 0 Å². The summed E-state index contributed by atoms with van der Waals surface area (Å²) in [6, 6.07) is 7.93. The van der Waals surface area contributed by atoms with E-state index in [9.17, 15) is 0 Å². The fourth-order valence-corrected chi connectivity index (χ4v) is 3.16. The van der Waals surface area contributed by atoms with Crippen molar-refractivity contribution in [2.45, 2.75) is 35.6 Å². The lowest BCUT2D eigenvalue weighted by atomic mass is 9.98. The van der Waals surface area contributed by atoms with Crippen LogP contribution in [-0.4, -0.2) is 9.97 Å². The van der Waals surface area contributed by atoms with Crippen molar-refractivity contribution >= 4 is 17.4 Å². The summed E-state index contributed by atoms with van der Waals surface area (Å²) in [5.74, 6) is 0. The van der Waals surface area contributed by atoms with Gasteiger partial charge in [-0.2, -0.15) is 0 Å². The molecule has 0 saturated carbocycles. The number of aromatic nitrogens is 2. The lowest BCUT2D eigenvalue weighted by Crippen LogP contribution is -2.07. The van der Waals surface area contributed by atoms with Gasteiger partial charge in [-0.25, -0.2) is 9.97 Å². The van der Waals surface area contributed by atoms with E-state index in [-0.39, 0.29) is 0 Å². The normalized spacial score (nSPS) is 14.2. The van der Waals surface area contributed by atoms with Crippen molar-refractivity contribution in [3.05, 3.63) is 41.9 Å². The second kappa shape index (κ2) is 4.98. The number of hydrogen-bond acceptors (Lipinski definition) is 4. The predicted octanol–water partition coefficient (Wildman–Crippen LogP) is 3.09. The maximum atomic E-state index is 5.70. The number of hydrogen-bond donors (Lipinski definition) is 1. The van der Waals surface area contributed by atoms with E-state index in [1.165, 1.54) is 29.0 Å². The number of nitrogens with zero attached hydrogens (tertiary/aromatic N) is 2. The number of nitrogen functional groups attached to an aromatic ring is 1.